The van der Waals surface area contributed by atoms with Crippen LogP contribution in [-0.2, 0) is 4.79 Å². The van der Waals surface area contributed by atoms with Crippen molar-refractivity contribution in [3.63, 3.8) is 0 Å². The van der Waals surface area contributed by atoms with E-state index in [0.29, 0.717) is 33.8 Å². The van der Waals surface area contributed by atoms with Crippen LogP contribution in [0.25, 0.3) is 12.2 Å². The molecule has 2 aromatic rings. The van der Waals surface area contributed by atoms with Gasteiger partial charge in [0.2, 0.25) is 10.9 Å². The zero-order chi connectivity index (χ0) is 19.1. The number of carboxylic acids is 1. The van der Waals surface area contributed by atoms with Gasteiger partial charge < -0.3 is 19.3 Å². The van der Waals surface area contributed by atoms with E-state index in [1.807, 2.05) is 18.2 Å². The van der Waals surface area contributed by atoms with E-state index in [9.17, 15) is 4.79 Å². The van der Waals surface area contributed by atoms with Gasteiger partial charge in [-0.3, -0.25) is 4.79 Å². The number of rotatable bonds is 8. The highest BCUT2D eigenvalue weighted by Gasteiger charge is 2.12. The first-order chi connectivity index (χ1) is 12.5. The first-order valence-electron chi connectivity index (χ1n) is 7.52. The number of aromatic nitrogens is 3. The van der Waals surface area contributed by atoms with Gasteiger partial charge >= 0.3 is 5.97 Å². The predicted molar refractivity (Wildman–Crippen MR) is 97.9 cm³/mol. The maximum atomic E-state index is 10.7. The Balaban J connectivity index is 2.31. The van der Waals surface area contributed by atoms with Crippen molar-refractivity contribution >= 4 is 29.9 Å². The van der Waals surface area contributed by atoms with Crippen LogP contribution in [0, 0.1) is 6.92 Å². The third-order valence-corrected chi connectivity index (χ3v) is 4.14. The Morgan fingerprint density at radius 2 is 1.77 bits per heavy atom. The Kier molecular flexibility index (Phi) is 6.79. The van der Waals surface area contributed by atoms with Crippen LogP contribution in [-0.4, -0.2) is 53.3 Å². The summed E-state index contributed by atoms with van der Waals surface area (Å²) < 4.78 is 16.0. The van der Waals surface area contributed by atoms with Crippen molar-refractivity contribution in [2.45, 2.75) is 12.1 Å². The van der Waals surface area contributed by atoms with Gasteiger partial charge in [-0.15, -0.1) is 5.10 Å². The molecule has 0 unspecified atom stereocenters. The van der Waals surface area contributed by atoms with Gasteiger partial charge in [-0.25, -0.2) is 4.98 Å². The molecular weight excluding hydrogens is 358 g/mol. The Morgan fingerprint density at radius 1 is 1.12 bits per heavy atom. The molecule has 0 fully saturated rings. The molecule has 0 amide bonds. The van der Waals surface area contributed by atoms with Crippen molar-refractivity contribution in [3.8, 4) is 17.2 Å². The van der Waals surface area contributed by atoms with E-state index in [2.05, 4.69) is 15.2 Å². The number of carboxylic acid groups (broad SMARTS) is 1. The molecule has 0 saturated carbocycles. The van der Waals surface area contributed by atoms with Gasteiger partial charge in [-0.05, 0) is 30.7 Å². The molecule has 1 heterocycles. The molecule has 0 aliphatic heterocycles. The minimum Gasteiger partial charge on any atom is -0.493 e. The van der Waals surface area contributed by atoms with E-state index >= 15 is 0 Å². The van der Waals surface area contributed by atoms with E-state index in [-0.39, 0.29) is 5.75 Å². The molecule has 1 aromatic carbocycles. The predicted octanol–water partition coefficient (Wildman–Crippen LogP) is 2.55. The highest BCUT2D eigenvalue weighted by molar-refractivity contribution is 7.99. The van der Waals surface area contributed by atoms with Crippen molar-refractivity contribution in [3.05, 3.63) is 29.1 Å². The average Bonchev–Trinajstić information content (AvgIpc) is 2.65. The van der Waals surface area contributed by atoms with Crippen molar-refractivity contribution in [2.75, 3.05) is 27.1 Å². The number of nitrogens with zero attached hydrogens (tertiary/aromatic N) is 3. The zero-order valence-corrected chi connectivity index (χ0v) is 15.7. The lowest BCUT2D eigenvalue weighted by Gasteiger charge is -2.12. The third-order valence-electron chi connectivity index (χ3n) is 3.32. The number of hydrogen-bond donors (Lipinski definition) is 1. The van der Waals surface area contributed by atoms with E-state index in [4.69, 9.17) is 19.3 Å². The third kappa shape index (κ3) is 4.85. The van der Waals surface area contributed by atoms with Crippen LogP contribution in [0.4, 0.5) is 0 Å². The van der Waals surface area contributed by atoms with Crippen molar-refractivity contribution < 1.29 is 24.1 Å². The standard InChI is InChI=1S/C17H19N3O5S/c1-10-12(18-17(20-19-10)26-9-15(21)22)6-5-11-7-13(23-2)16(25-4)14(8-11)24-3/h5-8H,9H2,1-4H3,(H,21,22). The fraction of sp³-hybridized carbons (Fsp3) is 0.294. The number of methoxy groups -OCH3 is 3. The van der Waals surface area contributed by atoms with Crippen LogP contribution in [0.15, 0.2) is 17.3 Å². The molecule has 138 valence electrons. The van der Waals surface area contributed by atoms with E-state index in [1.165, 1.54) is 0 Å². The number of carbonyl (C=O) groups is 1. The van der Waals surface area contributed by atoms with Gasteiger partial charge in [0.05, 0.1) is 38.5 Å². The topological polar surface area (TPSA) is 104 Å². The second-order valence-corrected chi connectivity index (χ2v) is 5.98. The van der Waals surface area contributed by atoms with Gasteiger partial charge in [0.15, 0.2) is 11.5 Å². The fourth-order valence-corrected chi connectivity index (χ4v) is 2.61. The number of aryl methyl sites for hydroxylation is 1. The van der Waals surface area contributed by atoms with Crippen LogP contribution in [0.2, 0.25) is 0 Å². The molecule has 1 aromatic heterocycles. The maximum absolute atomic E-state index is 10.7. The lowest BCUT2D eigenvalue weighted by molar-refractivity contribution is -0.133. The molecule has 0 spiro atoms. The smallest absolute Gasteiger partial charge is 0.313 e. The molecule has 0 radical (unpaired) electrons. The first kappa shape index (κ1) is 19.5. The summed E-state index contributed by atoms with van der Waals surface area (Å²) >= 11 is 1.02. The molecular formula is C17H19N3O5S. The van der Waals surface area contributed by atoms with Gasteiger partial charge in [0, 0.05) is 0 Å². The molecule has 26 heavy (non-hydrogen) atoms. The number of hydrogen-bond acceptors (Lipinski definition) is 8. The molecule has 0 aliphatic rings. The zero-order valence-electron chi connectivity index (χ0n) is 14.8. The van der Waals surface area contributed by atoms with Crippen LogP contribution >= 0.6 is 11.8 Å². The van der Waals surface area contributed by atoms with Crippen molar-refractivity contribution in [1.82, 2.24) is 15.2 Å². The van der Waals surface area contributed by atoms with Crippen LogP contribution in [0.1, 0.15) is 17.0 Å². The van der Waals surface area contributed by atoms with E-state index in [1.54, 1.807) is 34.3 Å². The Labute approximate surface area is 155 Å². The van der Waals surface area contributed by atoms with Crippen LogP contribution < -0.4 is 14.2 Å². The summed E-state index contributed by atoms with van der Waals surface area (Å²) in [5.74, 6) is 0.539. The molecule has 8 nitrogen and oxygen atoms in total. The summed E-state index contributed by atoms with van der Waals surface area (Å²) in [7, 11) is 4.65. The number of thioether (sulfide) groups is 1. The maximum Gasteiger partial charge on any atom is 0.313 e. The second-order valence-electron chi connectivity index (χ2n) is 5.04. The minimum absolute atomic E-state index is 0.124. The molecule has 0 saturated heterocycles. The molecule has 0 atom stereocenters. The lowest BCUT2D eigenvalue weighted by atomic mass is 10.1. The van der Waals surface area contributed by atoms with E-state index < -0.39 is 5.97 Å². The van der Waals surface area contributed by atoms with E-state index in [0.717, 1.165) is 17.3 Å². The molecule has 0 aliphatic carbocycles. The fourth-order valence-electron chi connectivity index (χ4n) is 2.09. The minimum atomic E-state index is -0.936. The lowest BCUT2D eigenvalue weighted by Crippen LogP contribution is -2.02. The SMILES string of the molecule is COc1cc(C=Cc2nc(SCC(=O)O)nnc2C)cc(OC)c1OC. The summed E-state index contributed by atoms with van der Waals surface area (Å²) in [6, 6.07) is 3.61. The quantitative estimate of drug-likeness (QED) is 0.695. The average molecular weight is 377 g/mol. The highest BCUT2D eigenvalue weighted by Crippen LogP contribution is 2.38. The summed E-state index contributed by atoms with van der Waals surface area (Å²) in [6.07, 6.45) is 3.60. The largest absolute Gasteiger partial charge is 0.493 e. The molecule has 9 heteroatoms. The molecule has 0 bridgehead atoms. The number of aliphatic carboxylic acids is 1. The van der Waals surface area contributed by atoms with Gasteiger partial charge in [-0.1, -0.05) is 17.8 Å². The number of benzene rings is 1. The summed E-state index contributed by atoms with van der Waals surface area (Å²) in [5, 5.41) is 17.0. The van der Waals surface area contributed by atoms with Crippen molar-refractivity contribution in [2.24, 2.45) is 0 Å². The second kappa shape index (κ2) is 9.04. The van der Waals surface area contributed by atoms with Gasteiger partial charge in [0.25, 0.3) is 0 Å². The first-order valence-corrected chi connectivity index (χ1v) is 8.51. The van der Waals surface area contributed by atoms with Gasteiger partial charge in [0.1, 0.15) is 0 Å². The summed E-state index contributed by atoms with van der Waals surface area (Å²) in [5.41, 5.74) is 2.05. The monoisotopic (exact) mass is 377 g/mol. The Hall–Kier alpha value is -2.81. The molecule has 2 rings (SSSR count). The van der Waals surface area contributed by atoms with Gasteiger partial charge in [-0.2, -0.15) is 5.10 Å². The highest BCUT2D eigenvalue weighted by atomic mass is 32.2. The summed E-state index contributed by atoms with van der Waals surface area (Å²) in [4.78, 5) is 15.0. The summed E-state index contributed by atoms with van der Waals surface area (Å²) in [6.45, 7) is 1.78. The van der Waals surface area contributed by atoms with Crippen LogP contribution in [0.5, 0.6) is 17.2 Å². The Morgan fingerprint density at radius 3 is 2.31 bits per heavy atom. The van der Waals surface area contributed by atoms with Crippen molar-refractivity contribution in [1.29, 1.82) is 0 Å². The number of ether oxygens (including phenoxy) is 3. The molecule has 1 N–H and O–H groups in total. The Bertz CT molecular complexity index is 801. The van der Waals surface area contributed by atoms with Crippen LogP contribution in [0.3, 0.4) is 0 Å². The normalized spacial score (nSPS) is 10.8.